The van der Waals surface area contributed by atoms with Crippen molar-refractivity contribution in [2.45, 2.75) is 24.5 Å². The molecule has 0 spiro atoms. The fourth-order valence-electron chi connectivity index (χ4n) is 1.92. The number of rotatable bonds is 4. The van der Waals surface area contributed by atoms with Crippen LogP contribution in [0.4, 0.5) is 0 Å². The van der Waals surface area contributed by atoms with Crippen LogP contribution in [-0.2, 0) is 0 Å². The summed E-state index contributed by atoms with van der Waals surface area (Å²) < 4.78 is 0. The highest BCUT2D eigenvalue weighted by atomic mass is 32.2. The van der Waals surface area contributed by atoms with Gasteiger partial charge < -0.3 is 10.4 Å². The molecule has 2 heterocycles. The first-order chi connectivity index (χ1) is 9.16. The molecule has 0 radical (unpaired) electrons. The Bertz CT molecular complexity index is 455. The minimum absolute atomic E-state index is 0.0828. The van der Waals surface area contributed by atoms with E-state index in [1.165, 1.54) is 31.2 Å². The van der Waals surface area contributed by atoms with Crippen LogP contribution in [-0.4, -0.2) is 39.5 Å². The number of carbonyl (C=O) groups excluding carboxylic acids is 1. The summed E-state index contributed by atoms with van der Waals surface area (Å²) in [5.74, 6) is -0.132. The number of hydrogen-bond acceptors (Lipinski definition) is 4. The molecule has 1 aromatic rings. The van der Waals surface area contributed by atoms with Gasteiger partial charge in [-0.1, -0.05) is 6.42 Å². The predicted octanol–water partition coefficient (Wildman–Crippen LogP) is 1.80. The molecule has 2 rings (SSSR count). The first-order valence-electron chi connectivity index (χ1n) is 6.26. The molecule has 1 unspecified atom stereocenters. The summed E-state index contributed by atoms with van der Waals surface area (Å²) in [6, 6.07) is 2.83. The molecule has 1 aromatic heterocycles. The van der Waals surface area contributed by atoms with Crippen LogP contribution in [0.25, 0.3) is 0 Å². The van der Waals surface area contributed by atoms with Gasteiger partial charge in [-0.05, 0) is 30.7 Å². The molecule has 0 saturated carbocycles. The number of aromatic carboxylic acids is 1. The van der Waals surface area contributed by atoms with E-state index >= 15 is 0 Å². The van der Waals surface area contributed by atoms with Gasteiger partial charge in [-0.3, -0.25) is 9.78 Å². The number of nitrogens with zero attached hydrogens (tertiary/aromatic N) is 1. The van der Waals surface area contributed by atoms with E-state index in [1.807, 2.05) is 11.8 Å². The van der Waals surface area contributed by atoms with E-state index in [1.54, 1.807) is 0 Å². The Kier molecular flexibility index (Phi) is 4.79. The summed E-state index contributed by atoms with van der Waals surface area (Å²) in [6.45, 7) is 0.645. The van der Waals surface area contributed by atoms with Crippen molar-refractivity contribution in [2.24, 2.45) is 0 Å². The van der Waals surface area contributed by atoms with Crippen LogP contribution >= 0.6 is 11.8 Å². The molecule has 1 amide bonds. The molecule has 102 valence electrons. The Morgan fingerprint density at radius 1 is 1.42 bits per heavy atom. The maximum absolute atomic E-state index is 11.8. The Hall–Kier alpha value is -1.56. The molecule has 0 bridgehead atoms. The Balaban J connectivity index is 1.86. The highest BCUT2D eigenvalue weighted by Gasteiger charge is 2.16. The Morgan fingerprint density at radius 2 is 2.26 bits per heavy atom. The van der Waals surface area contributed by atoms with Gasteiger partial charge >= 0.3 is 5.97 Å². The number of carbonyl (C=O) groups is 2. The van der Waals surface area contributed by atoms with Crippen LogP contribution in [0.1, 0.15) is 40.1 Å². The second kappa shape index (κ2) is 6.56. The molecule has 1 saturated heterocycles. The van der Waals surface area contributed by atoms with Crippen molar-refractivity contribution >= 4 is 23.6 Å². The van der Waals surface area contributed by atoms with Gasteiger partial charge in [0.05, 0.1) is 5.56 Å². The second-order valence-corrected chi connectivity index (χ2v) is 5.84. The fraction of sp³-hybridized carbons (Fsp3) is 0.462. The molecule has 0 aromatic carbocycles. The minimum atomic E-state index is -1.04. The van der Waals surface area contributed by atoms with Crippen LogP contribution < -0.4 is 5.32 Å². The van der Waals surface area contributed by atoms with Crippen molar-refractivity contribution < 1.29 is 14.7 Å². The van der Waals surface area contributed by atoms with Gasteiger partial charge in [-0.2, -0.15) is 11.8 Å². The van der Waals surface area contributed by atoms with E-state index in [-0.39, 0.29) is 17.2 Å². The standard InChI is InChI=1S/C13H16N2O3S/c16-12(15-8-10-3-1-2-6-19-10)11-5-4-9(7-14-11)13(17)18/h4-5,7,10H,1-3,6,8H2,(H,15,16)(H,17,18). The maximum atomic E-state index is 11.8. The molecule has 1 aliphatic rings. The van der Waals surface area contributed by atoms with Crippen LogP contribution in [0.5, 0.6) is 0 Å². The van der Waals surface area contributed by atoms with Gasteiger partial charge in [0.25, 0.3) is 5.91 Å². The number of amides is 1. The van der Waals surface area contributed by atoms with Gasteiger partial charge in [0.2, 0.25) is 0 Å². The third-order valence-electron chi connectivity index (χ3n) is 3.01. The molecule has 0 aliphatic carbocycles. The van der Waals surface area contributed by atoms with E-state index in [4.69, 9.17) is 5.11 Å². The van der Waals surface area contributed by atoms with Crippen LogP contribution in [0, 0.1) is 0 Å². The summed E-state index contributed by atoms with van der Waals surface area (Å²) in [7, 11) is 0. The van der Waals surface area contributed by atoms with Crippen molar-refractivity contribution in [1.29, 1.82) is 0 Å². The zero-order valence-corrected chi connectivity index (χ0v) is 11.3. The maximum Gasteiger partial charge on any atom is 0.337 e. The first kappa shape index (κ1) is 13.9. The van der Waals surface area contributed by atoms with Crippen molar-refractivity contribution in [3.05, 3.63) is 29.6 Å². The number of carboxylic acid groups (broad SMARTS) is 1. The third-order valence-corrected chi connectivity index (χ3v) is 4.41. The van der Waals surface area contributed by atoms with Gasteiger partial charge in [-0.25, -0.2) is 4.79 Å². The smallest absolute Gasteiger partial charge is 0.337 e. The van der Waals surface area contributed by atoms with Crippen molar-refractivity contribution in [1.82, 2.24) is 10.3 Å². The number of pyridine rings is 1. The van der Waals surface area contributed by atoms with Gasteiger partial charge in [0.1, 0.15) is 5.69 Å². The second-order valence-electron chi connectivity index (χ2n) is 4.44. The van der Waals surface area contributed by atoms with Crippen molar-refractivity contribution in [3.63, 3.8) is 0 Å². The summed E-state index contributed by atoms with van der Waals surface area (Å²) in [5, 5.41) is 12.1. The highest BCUT2D eigenvalue weighted by molar-refractivity contribution is 7.99. The van der Waals surface area contributed by atoms with Crippen LogP contribution in [0.15, 0.2) is 18.3 Å². The minimum Gasteiger partial charge on any atom is -0.478 e. The quantitative estimate of drug-likeness (QED) is 0.879. The van der Waals surface area contributed by atoms with Crippen molar-refractivity contribution in [3.8, 4) is 0 Å². The summed E-state index contributed by atoms with van der Waals surface area (Å²) in [4.78, 5) is 26.4. The molecule has 19 heavy (non-hydrogen) atoms. The zero-order valence-electron chi connectivity index (χ0n) is 10.5. The molecule has 5 nitrogen and oxygen atoms in total. The first-order valence-corrected chi connectivity index (χ1v) is 7.31. The number of hydrogen-bond donors (Lipinski definition) is 2. The normalized spacial score (nSPS) is 18.8. The predicted molar refractivity (Wildman–Crippen MR) is 73.6 cm³/mol. The van der Waals surface area contributed by atoms with Gasteiger partial charge in [0, 0.05) is 18.0 Å². The van der Waals surface area contributed by atoms with Crippen LogP contribution in [0.2, 0.25) is 0 Å². The lowest BCUT2D eigenvalue weighted by molar-refractivity contribution is 0.0695. The molecule has 1 aliphatic heterocycles. The van der Waals surface area contributed by atoms with E-state index in [2.05, 4.69) is 10.3 Å². The van der Waals surface area contributed by atoms with Crippen LogP contribution in [0.3, 0.4) is 0 Å². The van der Waals surface area contributed by atoms with E-state index in [0.717, 1.165) is 12.2 Å². The fourth-order valence-corrected chi connectivity index (χ4v) is 3.16. The number of carboxylic acids is 1. The van der Waals surface area contributed by atoms with E-state index in [9.17, 15) is 9.59 Å². The molecule has 2 N–H and O–H groups in total. The lowest BCUT2D eigenvalue weighted by Crippen LogP contribution is -2.32. The lowest BCUT2D eigenvalue weighted by Gasteiger charge is -2.21. The van der Waals surface area contributed by atoms with Crippen molar-refractivity contribution in [2.75, 3.05) is 12.3 Å². The highest BCUT2D eigenvalue weighted by Crippen LogP contribution is 2.24. The molecule has 1 fully saturated rings. The summed E-state index contributed by atoms with van der Waals surface area (Å²) >= 11 is 1.89. The molecule has 6 heteroatoms. The summed E-state index contributed by atoms with van der Waals surface area (Å²) in [5.41, 5.74) is 0.338. The Morgan fingerprint density at radius 3 is 2.84 bits per heavy atom. The SMILES string of the molecule is O=C(O)c1ccc(C(=O)NCC2CCCCS2)nc1. The number of aromatic nitrogens is 1. The van der Waals surface area contributed by atoms with E-state index < -0.39 is 5.97 Å². The summed E-state index contributed by atoms with van der Waals surface area (Å²) in [6.07, 6.45) is 4.81. The zero-order chi connectivity index (χ0) is 13.7. The van der Waals surface area contributed by atoms with E-state index in [0.29, 0.717) is 11.8 Å². The Labute approximate surface area is 115 Å². The monoisotopic (exact) mass is 280 g/mol. The topological polar surface area (TPSA) is 79.3 Å². The third kappa shape index (κ3) is 3.96. The molecular weight excluding hydrogens is 264 g/mol. The molecular formula is C13H16N2O3S. The largest absolute Gasteiger partial charge is 0.478 e. The number of thioether (sulfide) groups is 1. The number of nitrogens with one attached hydrogen (secondary N) is 1. The lowest BCUT2D eigenvalue weighted by atomic mass is 10.2. The van der Waals surface area contributed by atoms with Gasteiger partial charge in [-0.15, -0.1) is 0 Å². The van der Waals surface area contributed by atoms with Gasteiger partial charge in [0.15, 0.2) is 0 Å². The average Bonchev–Trinajstić information content (AvgIpc) is 2.46. The molecule has 1 atom stereocenters. The average molecular weight is 280 g/mol.